The van der Waals surface area contributed by atoms with Gasteiger partial charge in [0.1, 0.15) is 28.6 Å². The van der Waals surface area contributed by atoms with Crippen LogP contribution in [0.3, 0.4) is 0 Å². The van der Waals surface area contributed by atoms with Crippen LogP contribution in [0.15, 0.2) is 63.8 Å². The normalized spacial score (nSPS) is 11.3. The molecule has 6 nitrogen and oxygen atoms in total. The fourth-order valence-electron chi connectivity index (χ4n) is 3.47. The minimum atomic E-state index is -0.615. The van der Waals surface area contributed by atoms with E-state index in [1.165, 1.54) is 0 Å². The first-order valence-corrected chi connectivity index (χ1v) is 8.79. The third-order valence-corrected chi connectivity index (χ3v) is 4.99. The summed E-state index contributed by atoms with van der Waals surface area (Å²) in [7, 11) is 0. The lowest BCUT2D eigenvalue weighted by Gasteiger charge is -2.09. The predicted octanol–water partition coefficient (Wildman–Crippen LogP) is 4.37. The number of halogens is 1. The minimum absolute atomic E-state index is 0.157. The molecule has 2 N–H and O–H groups in total. The van der Waals surface area contributed by atoms with Gasteiger partial charge in [-0.3, -0.25) is 4.40 Å². The van der Waals surface area contributed by atoms with E-state index in [0.29, 0.717) is 32.9 Å². The zero-order valence-corrected chi connectivity index (χ0v) is 15.1. The van der Waals surface area contributed by atoms with Crippen LogP contribution in [0.5, 0.6) is 0 Å². The van der Waals surface area contributed by atoms with E-state index in [1.54, 1.807) is 34.7 Å². The maximum absolute atomic E-state index is 12.8. The van der Waals surface area contributed by atoms with Gasteiger partial charge in [0.2, 0.25) is 0 Å². The van der Waals surface area contributed by atoms with Crippen LogP contribution in [-0.2, 0) is 0 Å². The van der Waals surface area contributed by atoms with Crippen molar-refractivity contribution >= 4 is 44.9 Å². The van der Waals surface area contributed by atoms with Gasteiger partial charge in [0.15, 0.2) is 5.65 Å². The first-order chi connectivity index (χ1) is 13.6. The highest BCUT2D eigenvalue weighted by Crippen LogP contribution is 2.32. The molecule has 0 aliphatic heterocycles. The van der Waals surface area contributed by atoms with E-state index in [2.05, 4.69) is 11.1 Å². The molecular formula is C21H11ClN4O2. The number of hydrogen-bond acceptors (Lipinski definition) is 5. The number of nitriles is 1. The first-order valence-electron chi connectivity index (χ1n) is 8.41. The van der Waals surface area contributed by atoms with E-state index in [-0.39, 0.29) is 16.8 Å². The second-order valence-electron chi connectivity index (χ2n) is 6.33. The number of imidazole rings is 1. The summed E-state index contributed by atoms with van der Waals surface area (Å²) in [6.07, 6.45) is 0. The lowest BCUT2D eigenvalue weighted by Crippen LogP contribution is -2.09. The van der Waals surface area contributed by atoms with Crippen molar-refractivity contribution < 1.29 is 4.42 Å². The fourth-order valence-corrected chi connectivity index (χ4v) is 3.60. The average Bonchev–Trinajstić information content (AvgIpc) is 3.08. The summed E-state index contributed by atoms with van der Waals surface area (Å²) >= 11 is 5.93. The van der Waals surface area contributed by atoms with E-state index in [0.717, 1.165) is 5.52 Å². The Morgan fingerprint density at radius 1 is 1.14 bits per heavy atom. The number of hydrogen-bond donors (Lipinski definition) is 1. The number of anilines is 1. The Kier molecular flexibility index (Phi) is 3.41. The van der Waals surface area contributed by atoms with Crippen LogP contribution >= 0.6 is 11.6 Å². The van der Waals surface area contributed by atoms with Crippen LogP contribution in [0.4, 0.5) is 5.82 Å². The highest BCUT2D eigenvalue weighted by Gasteiger charge is 2.20. The minimum Gasteiger partial charge on any atom is -0.422 e. The van der Waals surface area contributed by atoms with Crippen LogP contribution in [0, 0.1) is 11.3 Å². The second-order valence-corrected chi connectivity index (χ2v) is 6.76. The first kappa shape index (κ1) is 16.4. The Morgan fingerprint density at radius 3 is 2.64 bits per heavy atom. The standard InChI is InChI=1S/C21H11ClN4O2/c22-12-7-5-11(6-8-12)17-9-13-14(10-23)20-25-15-3-1-2-4-16(15)26(20)19(24)18(13)21(27)28-17/h1-9H,24H2. The van der Waals surface area contributed by atoms with Crippen LogP contribution in [0.2, 0.25) is 5.02 Å². The number of para-hydroxylation sites is 2. The number of rotatable bonds is 1. The van der Waals surface area contributed by atoms with Crippen molar-refractivity contribution in [2.45, 2.75) is 0 Å². The predicted molar refractivity (Wildman–Crippen MR) is 108 cm³/mol. The Hall–Kier alpha value is -3.82. The molecule has 3 heterocycles. The van der Waals surface area contributed by atoms with Crippen molar-refractivity contribution in [1.82, 2.24) is 9.38 Å². The number of nitrogens with two attached hydrogens (primary N) is 1. The molecule has 0 aliphatic rings. The van der Waals surface area contributed by atoms with E-state index in [9.17, 15) is 10.1 Å². The SMILES string of the molecule is N#Cc1c2cc(-c3ccc(Cl)cc3)oc(=O)c2c(N)n2c1nc1ccccc12. The Labute approximate surface area is 163 Å². The molecule has 5 aromatic rings. The molecule has 0 bridgehead atoms. The molecule has 7 heteroatoms. The van der Waals surface area contributed by atoms with E-state index >= 15 is 0 Å². The zero-order valence-electron chi connectivity index (χ0n) is 14.3. The molecule has 0 saturated carbocycles. The van der Waals surface area contributed by atoms with Crippen LogP contribution in [0.1, 0.15) is 5.56 Å². The van der Waals surface area contributed by atoms with Crippen molar-refractivity contribution in [3.8, 4) is 17.4 Å². The summed E-state index contributed by atoms with van der Waals surface area (Å²) < 4.78 is 7.13. The zero-order chi connectivity index (χ0) is 19.4. The largest absolute Gasteiger partial charge is 0.422 e. The van der Waals surface area contributed by atoms with E-state index in [4.69, 9.17) is 21.8 Å². The molecular weight excluding hydrogens is 376 g/mol. The lowest BCUT2D eigenvalue weighted by atomic mass is 10.1. The molecule has 5 rings (SSSR count). The molecule has 0 aliphatic carbocycles. The van der Waals surface area contributed by atoms with Gasteiger partial charge in [-0.2, -0.15) is 5.26 Å². The molecule has 0 amide bonds. The van der Waals surface area contributed by atoms with Gasteiger partial charge in [0.25, 0.3) is 0 Å². The number of nitrogen functional groups attached to an aromatic ring is 1. The summed E-state index contributed by atoms with van der Waals surface area (Å²) in [4.78, 5) is 17.4. The third-order valence-electron chi connectivity index (χ3n) is 4.74. The van der Waals surface area contributed by atoms with Crippen molar-refractivity contribution in [1.29, 1.82) is 5.26 Å². The Bertz CT molecular complexity index is 1510. The number of pyridine rings is 1. The van der Waals surface area contributed by atoms with E-state index < -0.39 is 5.63 Å². The third kappa shape index (κ3) is 2.20. The van der Waals surface area contributed by atoms with Gasteiger partial charge >= 0.3 is 5.63 Å². The molecule has 0 atom stereocenters. The summed E-state index contributed by atoms with van der Waals surface area (Å²) in [5.74, 6) is 0.514. The van der Waals surface area contributed by atoms with Crippen LogP contribution < -0.4 is 11.4 Å². The number of aromatic nitrogens is 2. The summed E-state index contributed by atoms with van der Waals surface area (Å²) in [6.45, 7) is 0. The van der Waals surface area contributed by atoms with Gasteiger partial charge in [0.05, 0.1) is 11.0 Å². The van der Waals surface area contributed by atoms with Gasteiger partial charge in [-0.05, 0) is 42.5 Å². The second kappa shape index (κ2) is 5.84. The van der Waals surface area contributed by atoms with E-state index in [1.807, 2.05) is 24.3 Å². The monoisotopic (exact) mass is 386 g/mol. The Balaban J connectivity index is 1.97. The molecule has 0 unspecified atom stereocenters. The average molecular weight is 387 g/mol. The van der Waals surface area contributed by atoms with Crippen LogP contribution in [-0.4, -0.2) is 9.38 Å². The fraction of sp³-hybridized carbons (Fsp3) is 0. The molecule has 3 aromatic heterocycles. The highest BCUT2D eigenvalue weighted by atomic mass is 35.5. The van der Waals surface area contributed by atoms with Crippen molar-refractivity contribution in [2.24, 2.45) is 0 Å². The highest BCUT2D eigenvalue weighted by molar-refractivity contribution is 6.30. The summed E-state index contributed by atoms with van der Waals surface area (Å²) in [5.41, 5.74) is 8.46. The van der Waals surface area contributed by atoms with Gasteiger partial charge in [-0.25, -0.2) is 9.78 Å². The smallest absolute Gasteiger partial charge is 0.347 e. The molecule has 0 saturated heterocycles. The molecule has 0 radical (unpaired) electrons. The molecule has 2 aromatic carbocycles. The van der Waals surface area contributed by atoms with Gasteiger partial charge in [0, 0.05) is 16.0 Å². The van der Waals surface area contributed by atoms with Gasteiger partial charge < -0.3 is 10.2 Å². The molecule has 0 spiro atoms. The molecule has 28 heavy (non-hydrogen) atoms. The summed E-state index contributed by atoms with van der Waals surface area (Å²) in [6, 6.07) is 18.1. The maximum Gasteiger partial charge on any atom is 0.347 e. The van der Waals surface area contributed by atoms with Gasteiger partial charge in [-0.15, -0.1) is 0 Å². The topological polar surface area (TPSA) is 97.3 Å². The Morgan fingerprint density at radius 2 is 1.89 bits per heavy atom. The molecule has 134 valence electrons. The maximum atomic E-state index is 12.8. The molecule has 0 fully saturated rings. The number of fused-ring (bicyclic) bond motifs is 4. The number of benzene rings is 2. The van der Waals surface area contributed by atoms with Crippen molar-refractivity contribution in [2.75, 3.05) is 5.73 Å². The van der Waals surface area contributed by atoms with Crippen molar-refractivity contribution in [3.63, 3.8) is 0 Å². The number of nitrogens with zero attached hydrogens (tertiary/aromatic N) is 3. The van der Waals surface area contributed by atoms with Gasteiger partial charge in [-0.1, -0.05) is 23.7 Å². The van der Waals surface area contributed by atoms with Crippen molar-refractivity contribution in [3.05, 3.63) is 75.6 Å². The lowest BCUT2D eigenvalue weighted by molar-refractivity contribution is 0.534. The summed E-state index contributed by atoms with van der Waals surface area (Å²) in [5, 5.41) is 11.0. The quantitative estimate of drug-likeness (QED) is 0.461. The van der Waals surface area contributed by atoms with Crippen LogP contribution in [0.25, 0.3) is 38.8 Å².